The number of rotatable bonds is 4. The summed E-state index contributed by atoms with van der Waals surface area (Å²) in [5.41, 5.74) is 3.37. The van der Waals surface area contributed by atoms with E-state index >= 15 is 0 Å². The average molecular weight is 346 g/mol. The highest BCUT2D eigenvalue weighted by Gasteiger charge is 2.50. The molecule has 5 unspecified atom stereocenters. The number of aliphatic hydroxyl groups is 2. The van der Waals surface area contributed by atoms with Crippen LogP contribution in [0.3, 0.4) is 0 Å². The minimum Gasteiger partial charge on any atom is -0.458 e. The van der Waals surface area contributed by atoms with E-state index in [0.29, 0.717) is 18.9 Å². The first-order valence-corrected chi connectivity index (χ1v) is 8.73. The molecule has 1 saturated heterocycles. The Balaban J connectivity index is 1.88. The van der Waals surface area contributed by atoms with E-state index in [1.54, 1.807) is 0 Å². The molecule has 2 fully saturated rings. The summed E-state index contributed by atoms with van der Waals surface area (Å²) >= 11 is 0. The molecule has 5 atom stereocenters. The van der Waals surface area contributed by atoms with Gasteiger partial charge < -0.3 is 19.7 Å². The number of aliphatic hydroxyl groups excluding tert-OH is 2. The largest absolute Gasteiger partial charge is 0.458 e. The van der Waals surface area contributed by atoms with Crippen LogP contribution >= 0.6 is 0 Å². The molecule has 1 saturated carbocycles. The molecule has 2 N–H and O–H groups in total. The van der Waals surface area contributed by atoms with Gasteiger partial charge in [-0.15, -0.1) is 0 Å². The second-order valence-corrected chi connectivity index (χ2v) is 7.15. The number of hydrogen-bond acceptors (Lipinski definition) is 5. The maximum absolute atomic E-state index is 12.4. The lowest BCUT2D eigenvalue weighted by atomic mass is 9.80. The number of carbonyl (C=O) groups is 1. The van der Waals surface area contributed by atoms with Crippen LogP contribution in [-0.2, 0) is 14.3 Å². The molecule has 5 heteroatoms. The molecule has 3 aliphatic rings. The summed E-state index contributed by atoms with van der Waals surface area (Å²) < 4.78 is 11.8. The van der Waals surface area contributed by atoms with Gasteiger partial charge >= 0.3 is 5.97 Å². The fourth-order valence-electron chi connectivity index (χ4n) is 4.45. The van der Waals surface area contributed by atoms with Crippen LogP contribution in [0.25, 0.3) is 0 Å². The Morgan fingerprint density at radius 2 is 2.12 bits per heavy atom. The molecule has 5 nitrogen and oxygen atoms in total. The number of hydrogen-bond donors (Lipinski definition) is 2. The fraction of sp³-hybridized carbons (Fsp3) is 0.550. The van der Waals surface area contributed by atoms with E-state index in [0.717, 1.165) is 17.6 Å². The lowest BCUT2D eigenvalue weighted by molar-refractivity contribution is -0.148. The van der Waals surface area contributed by atoms with Crippen LogP contribution in [0.2, 0.25) is 0 Å². The van der Waals surface area contributed by atoms with Gasteiger partial charge in [-0.3, -0.25) is 0 Å². The zero-order valence-electron chi connectivity index (χ0n) is 14.6. The Labute approximate surface area is 148 Å². The summed E-state index contributed by atoms with van der Waals surface area (Å²) in [6.07, 6.45) is 4.56. The summed E-state index contributed by atoms with van der Waals surface area (Å²) in [5, 5.41) is 18.3. The van der Waals surface area contributed by atoms with Crippen LogP contribution in [0.4, 0.5) is 0 Å². The fourth-order valence-corrected chi connectivity index (χ4v) is 4.45. The third-order valence-corrected chi connectivity index (χ3v) is 5.71. The van der Waals surface area contributed by atoms with Crippen LogP contribution in [0.5, 0.6) is 0 Å². The quantitative estimate of drug-likeness (QED) is 0.462. The Morgan fingerprint density at radius 3 is 2.80 bits per heavy atom. The summed E-state index contributed by atoms with van der Waals surface area (Å²) in [4.78, 5) is 12.4. The van der Waals surface area contributed by atoms with Gasteiger partial charge in [0.15, 0.2) is 0 Å². The van der Waals surface area contributed by atoms with Gasteiger partial charge in [-0.2, -0.15) is 0 Å². The van der Waals surface area contributed by atoms with Crippen molar-refractivity contribution in [1.29, 1.82) is 0 Å². The van der Waals surface area contributed by atoms with Crippen molar-refractivity contribution in [3.63, 3.8) is 0 Å². The summed E-state index contributed by atoms with van der Waals surface area (Å²) in [5.74, 6) is -0.114. The van der Waals surface area contributed by atoms with Crippen molar-refractivity contribution in [2.75, 3.05) is 19.8 Å². The molecule has 0 aromatic rings. The maximum Gasteiger partial charge on any atom is 0.336 e. The van der Waals surface area contributed by atoms with Crippen LogP contribution < -0.4 is 0 Å². The molecule has 0 radical (unpaired) electrons. The van der Waals surface area contributed by atoms with Crippen LogP contribution in [0, 0.1) is 17.8 Å². The van der Waals surface area contributed by atoms with Gasteiger partial charge in [0.1, 0.15) is 6.10 Å². The first-order chi connectivity index (χ1) is 12.0. The molecule has 0 aromatic heterocycles. The number of esters is 1. The summed E-state index contributed by atoms with van der Waals surface area (Å²) in [7, 11) is 0. The first kappa shape index (κ1) is 18.1. The summed E-state index contributed by atoms with van der Waals surface area (Å²) in [6.45, 7) is 10.2. The zero-order chi connectivity index (χ0) is 18.1. The number of fused-ring (bicyclic) bond motifs is 3. The van der Waals surface area contributed by atoms with Gasteiger partial charge in [-0.25, -0.2) is 4.79 Å². The predicted molar refractivity (Wildman–Crippen MR) is 93.6 cm³/mol. The minimum absolute atomic E-state index is 0.0623. The van der Waals surface area contributed by atoms with E-state index in [1.165, 1.54) is 11.6 Å². The number of carbonyl (C=O) groups excluding carboxylic acids is 1. The van der Waals surface area contributed by atoms with E-state index < -0.39 is 18.7 Å². The van der Waals surface area contributed by atoms with Crippen LogP contribution in [0.15, 0.2) is 47.6 Å². The Morgan fingerprint density at radius 1 is 1.36 bits per heavy atom. The lowest BCUT2D eigenvalue weighted by Gasteiger charge is -2.29. The van der Waals surface area contributed by atoms with Crippen LogP contribution in [-0.4, -0.2) is 48.2 Å². The molecule has 25 heavy (non-hydrogen) atoms. The van der Waals surface area contributed by atoms with Crippen molar-refractivity contribution in [3.05, 3.63) is 47.6 Å². The molecule has 0 aromatic carbocycles. The predicted octanol–water partition coefficient (Wildman–Crippen LogP) is 1.92. The van der Waals surface area contributed by atoms with E-state index in [9.17, 15) is 9.90 Å². The molecule has 1 heterocycles. The highest BCUT2D eigenvalue weighted by atomic mass is 16.6. The highest BCUT2D eigenvalue weighted by Crippen LogP contribution is 2.50. The van der Waals surface area contributed by atoms with E-state index in [1.807, 2.05) is 0 Å². The molecule has 3 rings (SSSR count). The monoisotopic (exact) mass is 346 g/mol. The Bertz CT molecular complexity index is 644. The van der Waals surface area contributed by atoms with Crippen molar-refractivity contribution in [1.82, 2.24) is 0 Å². The van der Waals surface area contributed by atoms with E-state index in [-0.39, 0.29) is 30.1 Å². The van der Waals surface area contributed by atoms with Crippen molar-refractivity contribution >= 4 is 5.97 Å². The Kier molecular flexibility index (Phi) is 5.27. The van der Waals surface area contributed by atoms with Crippen molar-refractivity contribution < 1.29 is 24.5 Å². The van der Waals surface area contributed by atoms with Gasteiger partial charge in [-0.1, -0.05) is 30.4 Å². The third-order valence-electron chi connectivity index (χ3n) is 5.71. The van der Waals surface area contributed by atoms with Crippen LogP contribution in [0.1, 0.15) is 19.8 Å². The molecule has 2 aliphatic carbocycles. The molecular formula is C20H26O5. The standard InChI is InChI=1S/C20H26O5/c1-11-4-5-15-12(2)8-16(25-20(23)14(9-22)6-7-21)18-13(3)10-24-19(18)17(11)15/h4,6,15-19,21-22H,2-3,5,7-10H2,1H3. The highest BCUT2D eigenvalue weighted by molar-refractivity contribution is 5.88. The lowest BCUT2D eigenvalue weighted by Crippen LogP contribution is -2.36. The topological polar surface area (TPSA) is 76.0 Å². The maximum atomic E-state index is 12.4. The zero-order valence-corrected chi connectivity index (χ0v) is 14.6. The Hall–Kier alpha value is -1.69. The second kappa shape index (κ2) is 7.28. The first-order valence-electron chi connectivity index (χ1n) is 8.73. The molecule has 0 bridgehead atoms. The smallest absolute Gasteiger partial charge is 0.336 e. The summed E-state index contributed by atoms with van der Waals surface area (Å²) in [6, 6.07) is 0. The molecule has 0 amide bonds. The van der Waals surface area contributed by atoms with Gasteiger partial charge in [-0.05, 0) is 30.9 Å². The normalized spacial score (nSPS) is 35.1. The second-order valence-electron chi connectivity index (χ2n) is 7.15. The number of allylic oxidation sites excluding steroid dienone is 1. The van der Waals surface area contributed by atoms with E-state index in [4.69, 9.17) is 14.6 Å². The molecule has 1 aliphatic heterocycles. The minimum atomic E-state index is -0.605. The van der Waals surface area contributed by atoms with E-state index in [2.05, 4.69) is 26.2 Å². The molecular weight excluding hydrogens is 320 g/mol. The van der Waals surface area contributed by atoms with Gasteiger partial charge in [0.05, 0.1) is 31.5 Å². The molecule has 0 spiro atoms. The van der Waals surface area contributed by atoms with Gasteiger partial charge in [0.2, 0.25) is 0 Å². The SMILES string of the molecule is C=C1CC(OC(=O)C(=CCO)CO)C2C(=C)COC2C2C(C)=CCC12. The van der Waals surface area contributed by atoms with Gasteiger partial charge in [0.25, 0.3) is 0 Å². The van der Waals surface area contributed by atoms with Crippen molar-refractivity contribution in [2.45, 2.75) is 32.0 Å². The van der Waals surface area contributed by atoms with Gasteiger partial charge in [0, 0.05) is 18.3 Å². The average Bonchev–Trinajstić information content (AvgIpc) is 3.10. The third kappa shape index (κ3) is 3.24. The van der Waals surface area contributed by atoms with Crippen molar-refractivity contribution in [2.24, 2.45) is 17.8 Å². The molecule has 136 valence electrons. The van der Waals surface area contributed by atoms with Crippen molar-refractivity contribution in [3.8, 4) is 0 Å². The number of ether oxygens (including phenoxy) is 2.